The van der Waals surface area contributed by atoms with Crippen LogP contribution in [0.2, 0.25) is 0 Å². The zero-order chi connectivity index (χ0) is 13.8. The van der Waals surface area contributed by atoms with Crippen molar-refractivity contribution < 1.29 is 9.53 Å². The summed E-state index contributed by atoms with van der Waals surface area (Å²) in [5, 5.41) is 6.16. The highest BCUT2D eigenvalue weighted by Gasteiger charge is 2.17. The van der Waals surface area contributed by atoms with Crippen LogP contribution >= 0.6 is 0 Å². The average Bonchev–Trinajstić information content (AvgIpc) is 2.36. The molecular formula is C15H20N2O2. The van der Waals surface area contributed by atoms with Crippen LogP contribution in [0.4, 0.5) is 0 Å². The minimum atomic E-state index is -0.0120. The maximum atomic E-state index is 12.1. The number of amides is 1. The van der Waals surface area contributed by atoms with E-state index in [1.807, 2.05) is 38.1 Å². The van der Waals surface area contributed by atoms with E-state index in [9.17, 15) is 4.79 Å². The maximum absolute atomic E-state index is 12.1. The first-order valence-electron chi connectivity index (χ1n) is 6.46. The van der Waals surface area contributed by atoms with Gasteiger partial charge in [0.25, 0.3) is 0 Å². The molecule has 0 aliphatic carbocycles. The molecule has 0 spiro atoms. The van der Waals surface area contributed by atoms with Crippen LogP contribution in [0.25, 0.3) is 0 Å². The Kier molecular flexibility index (Phi) is 4.22. The first-order chi connectivity index (χ1) is 9.11. The van der Waals surface area contributed by atoms with Crippen molar-refractivity contribution in [3.63, 3.8) is 0 Å². The Labute approximate surface area is 113 Å². The van der Waals surface area contributed by atoms with Gasteiger partial charge in [-0.15, -0.1) is 0 Å². The Hall–Kier alpha value is -1.81. The van der Waals surface area contributed by atoms with Crippen LogP contribution in [0.15, 0.2) is 35.4 Å². The number of carbonyl (C=O) groups excluding carboxylic acids is 1. The van der Waals surface area contributed by atoms with Crippen LogP contribution in [0.5, 0.6) is 5.75 Å². The molecule has 0 radical (unpaired) electrons. The fourth-order valence-electron chi connectivity index (χ4n) is 1.96. The molecule has 1 amide bonds. The van der Waals surface area contributed by atoms with Crippen molar-refractivity contribution in [3.8, 4) is 5.75 Å². The molecule has 4 heteroatoms. The third-order valence-corrected chi connectivity index (χ3v) is 3.51. The van der Waals surface area contributed by atoms with Crippen LogP contribution in [0.3, 0.4) is 0 Å². The highest BCUT2D eigenvalue weighted by atomic mass is 16.5. The molecule has 0 aromatic heterocycles. The molecule has 1 saturated heterocycles. The summed E-state index contributed by atoms with van der Waals surface area (Å²) in [6, 6.07) is 7.73. The average molecular weight is 260 g/mol. The largest absolute Gasteiger partial charge is 0.497 e. The van der Waals surface area contributed by atoms with E-state index in [0.29, 0.717) is 0 Å². The Morgan fingerprint density at radius 3 is 2.42 bits per heavy atom. The van der Waals surface area contributed by atoms with Gasteiger partial charge in [0.2, 0.25) is 5.91 Å². The van der Waals surface area contributed by atoms with Gasteiger partial charge in [0.15, 0.2) is 0 Å². The lowest BCUT2D eigenvalue weighted by atomic mass is 10.0. The monoisotopic (exact) mass is 260 g/mol. The summed E-state index contributed by atoms with van der Waals surface area (Å²) in [5.74, 6) is 0.834. The second-order valence-corrected chi connectivity index (χ2v) is 4.80. The lowest BCUT2D eigenvalue weighted by Crippen LogP contribution is -2.38. The zero-order valence-corrected chi connectivity index (χ0v) is 11.6. The molecule has 0 unspecified atom stereocenters. The van der Waals surface area contributed by atoms with Crippen LogP contribution in [-0.4, -0.2) is 26.1 Å². The molecule has 2 N–H and O–H groups in total. The Balaban J connectivity index is 1.99. The van der Waals surface area contributed by atoms with Crippen LogP contribution in [-0.2, 0) is 4.79 Å². The summed E-state index contributed by atoms with van der Waals surface area (Å²) >= 11 is 0. The molecule has 1 fully saturated rings. The SMILES string of the molecule is COc1ccc([C@@H](C)NC(=O)C(C)=C2CNC2)cc1. The molecule has 1 aliphatic rings. The van der Waals surface area contributed by atoms with Gasteiger partial charge in [0.05, 0.1) is 13.2 Å². The number of benzene rings is 1. The highest BCUT2D eigenvalue weighted by molar-refractivity contribution is 5.94. The normalized spacial score (nSPS) is 15.4. The molecular weight excluding hydrogens is 240 g/mol. The zero-order valence-electron chi connectivity index (χ0n) is 11.6. The molecule has 2 rings (SSSR count). The number of nitrogens with one attached hydrogen (secondary N) is 2. The van der Waals surface area contributed by atoms with Crippen LogP contribution in [0.1, 0.15) is 25.5 Å². The highest BCUT2D eigenvalue weighted by Crippen LogP contribution is 2.18. The van der Waals surface area contributed by atoms with Gasteiger partial charge < -0.3 is 15.4 Å². The second-order valence-electron chi connectivity index (χ2n) is 4.80. The van der Waals surface area contributed by atoms with Crippen molar-refractivity contribution in [3.05, 3.63) is 41.0 Å². The molecule has 1 aromatic rings. The minimum Gasteiger partial charge on any atom is -0.497 e. The number of carbonyl (C=O) groups is 1. The van der Waals surface area contributed by atoms with Gasteiger partial charge in [-0.2, -0.15) is 0 Å². The van der Waals surface area contributed by atoms with Crippen molar-refractivity contribution in [1.82, 2.24) is 10.6 Å². The van der Waals surface area contributed by atoms with Gasteiger partial charge in [-0.05, 0) is 37.1 Å². The molecule has 1 heterocycles. The van der Waals surface area contributed by atoms with Crippen molar-refractivity contribution in [1.29, 1.82) is 0 Å². The van der Waals surface area contributed by atoms with Gasteiger partial charge in [-0.25, -0.2) is 0 Å². The van der Waals surface area contributed by atoms with Crippen molar-refractivity contribution in [2.75, 3.05) is 20.2 Å². The van der Waals surface area contributed by atoms with Gasteiger partial charge in [-0.3, -0.25) is 4.79 Å². The molecule has 102 valence electrons. The second kappa shape index (κ2) is 5.89. The van der Waals surface area contributed by atoms with E-state index >= 15 is 0 Å². The number of ether oxygens (including phenoxy) is 1. The number of rotatable bonds is 4. The molecule has 0 saturated carbocycles. The lowest BCUT2D eigenvalue weighted by molar-refractivity contribution is -0.118. The van der Waals surface area contributed by atoms with E-state index in [4.69, 9.17) is 4.74 Å². The van der Waals surface area contributed by atoms with Crippen molar-refractivity contribution in [2.45, 2.75) is 19.9 Å². The van der Waals surface area contributed by atoms with Crippen molar-refractivity contribution >= 4 is 5.91 Å². The Morgan fingerprint density at radius 2 is 1.95 bits per heavy atom. The quantitative estimate of drug-likeness (QED) is 0.812. The fraction of sp³-hybridized carbons (Fsp3) is 0.400. The number of hydrogen-bond acceptors (Lipinski definition) is 3. The lowest BCUT2D eigenvalue weighted by Gasteiger charge is -2.22. The molecule has 1 aliphatic heterocycles. The predicted octanol–water partition coefficient (Wildman–Crippen LogP) is 1.79. The van der Waals surface area contributed by atoms with Crippen LogP contribution in [0, 0.1) is 0 Å². The van der Waals surface area contributed by atoms with E-state index in [1.54, 1.807) is 7.11 Å². The summed E-state index contributed by atoms with van der Waals surface area (Å²) in [6.45, 7) is 5.52. The Bertz CT molecular complexity index is 485. The fourth-order valence-corrected chi connectivity index (χ4v) is 1.96. The number of hydrogen-bond donors (Lipinski definition) is 2. The summed E-state index contributed by atoms with van der Waals surface area (Å²) in [6.07, 6.45) is 0. The third kappa shape index (κ3) is 3.15. The molecule has 4 nitrogen and oxygen atoms in total. The predicted molar refractivity (Wildman–Crippen MR) is 75.1 cm³/mol. The minimum absolute atomic E-state index is 0.0120. The van der Waals surface area contributed by atoms with Gasteiger partial charge >= 0.3 is 0 Å². The van der Waals surface area contributed by atoms with E-state index in [0.717, 1.165) is 30.0 Å². The molecule has 1 atom stereocenters. The van der Waals surface area contributed by atoms with E-state index in [2.05, 4.69) is 10.6 Å². The molecule has 1 aromatic carbocycles. The van der Waals surface area contributed by atoms with Gasteiger partial charge in [0.1, 0.15) is 5.75 Å². The molecule has 0 bridgehead atoms. The molecule has 19 heavy (non-hydrogen) atoms. The standard InChI is InChI=1S/C15H20N2O2/c1-10(13-8-16-9-13)15(18)17-11(2)12-4-6-14(19-3)7-5-12/h4-7,11,16H,8-9H2,1-3H3,(H,17,18)/t11-/m1/s1. The third-order valence-electron chi connectivity index (χ3n) is 3.51. The Morgan fingerprint density at radius 1 is 1.32 bits per heavy atom. The van der Waals surface area contributed by atoms with E-state index in [1.165, 1.54) is 5.57 Å². The van der Waals surface area contributed by atoms with Gasteiger partial charge in [-0.1, -0.05) is 12.1 Å². The summed E-state index contributed by atoms with van der Waals surface area (Å²) in [5.41, 5.74) is 3.09. The smallest absolute Gasteiger partial charge is 0.247 e. The summed E-state index contributed by atoms with van der Waals surface area (Å²) in [7, 11) is 1.64. The topological polar surface area (TPSA) is 50.4 Å². The van der Waals surface area contributed by atoms with E-state index in [-0.39, 0.29) is 11.9 Å². The van der Waals surface area contributed by atoms with Gasteiger partial charge in [0, 0.05) is 18.7 Å². The first kappa shape index (κ1) is 13.6. The van der Waals surface area contributed by atoms with E-state index < -0.39 is 0 Å². The van der Waals surface area contributed by atoms with Crippen molar-refractivity contribution in [2.24, 2.45) is 0 Å². The maximum Gasteiger partial charge on any atom is 0.247 e. The summed E-state index contributed by atoms with van der Waals surface area (Å²) in [4.78, 5) is 12.1. The summed E-state index contributed by atoms with van der Waals surface area (Å²) < 4.78 is 5.12. The van der Waals surface area contributed by atoms with Crippen LogP contribution < -0.4 is 15.4 Å². The first-order valence-corrected chi connectivity index (χ1v) is 6.46. The number of methoxy groups -OCH3 is 1.